The van der Waals surface area contributed by atoms with E-state index in [2.05, 4.69) is 26.6 Å². The number of carbonyl (C=O) groups excluding carboxylic acids is 1. The highest BCUT2D eigenvalue weighted by Gasteiger charge is 2.32. The lowest BCUT2D eigenvalue weighted by atomic mass is 9.87. The van der Waals surface area contributed by atoms with Crippen molar-refractivity contribution in [2.45, 2.75) is 26.8 Å². The van der Waals surface area contributed by atoms with E-state index in [9.17, 15) is 9.59 Å². The van der Waals surface area contributed by atoms with Gasteiger partial charge in [0.25, 0.3) is 0 Å². The molecule has 0 aliphatic carbocycles. The molecule has 0 spiro atoms. The lowest BCUT2D eigenvalue weighted by molar-refractivity contribution is -0.141. The molecule has 21 heavy (non-hydrogen) atoms. The summed E-state index contributed by atoms with van der Waals surface area (Å²) in [5, 5.41) is 23.1. The Morgan fingerprint density at radius 3 is 2.48 bits per heavy atom. The summed E-state index contributed by atoms with van der Waals surface area (Å²) in [5.41, 5.74) is -0.0422. The van der Waals surface area contributed by atoms with E-state index in [1.807, 2.05) is 6.07 Å². The molecule has 0 saturated heterocycles. The van der Waals surface area contributed by atoms with Crippen molar-refractivity contribution in [1.82, 2.24) is 5.32 Å². The monoisotopic (exact) mass is 353 g/mol. The van der Waals surface area contributed by atoms with Crippen LogP contribution in [0.2, 0.25) is 0 Å². The van der Waals surface area contributed by atoms with E-state index in [-0.39, 0.29) is 5.56 Å². The van der Waals surface area contributed by atoms with Gasteiger partial charge in [-0.2, -0.15) is 5.26 Å². The minimum atomic E-state index is -1.12. The first-order chi connectivity index (χ1) is 9.65. The molecule has 112 valence electrons. The van der Waals surface area contributed by atoms with Crippen LogP contribution >= 0.6 is 15.9 Å². The number of hydrogen-bond acceptors (Lipinski definition) is 3. The second kappa shape index (κ2) is 6.59. The van der Waals surface area contributed by atoms with Crippen molar-refractivity contribution in [2.75, 3.05) is 5.32 Å². The van der Waals surface area contributed by atoms with Crippen molar-refractivity contribution in [3.05, 3.63) is 28.2 Å². The lowest BCUT2D eigenvalue weighted by Gasteiger charge is -2.27. The Hall–Kier alpha value is -2.07. The second-order valence-electron chi connectivity index (χ2n) is 5.54. The SMILES string of the molecule is CC(C)(C)[C@@H](NC(=O)Nc1ccc(Br)cc1C#N)C(=O)O. The highest BCUT2D eigenvalue weighted by Crippen LogP contribution is 2.22. The average molecular weight is 354 g/mol. The van der Waals surface area contributed by atoms with Crippen molar-refractivity contribution >= 4 is 33.6 Å². The molecule has 0 radical (unpaired) electrons. The minimum Gasteiger partial charge on any atom is -0.480 e. The van der Waals surface area contributed by atoms with Crippen molar-refractivity contribution < 1.29 is 14.7 Å². The number of amides is 2. The predicted molar refractivity (Wildman–Crippen MR) is 81.9 cm³/mol. The number of carboxylic acid groups (broad SMARTS) is 1. The molecule has 0 aliphatic rings. The van der Waals surface area contributed by atoms with Gasteiger partial charge in [0, 0.05) is 4.47 Å². The highest BCUT2D eigenvalue weighted by molar-refractivity contribution is 9.10. The van der Waals surface area contributed by atoms with Gasteiger partial charge in [-0.15, -0.1) is 0 Å². The maximum atomic E-state index is 11.9. The third-order valence-corrected chi connectivity index (χ3v) is 3.23. The molecule has 1 atom stereocenters. The first-order valence-corrected chi connectivity index (χ1v) is 6.94. The Bertz CT molecular complexity index is 602. The van der Waals surface area contributed by atoms with E-state index < -0.39 is 23.5 Å². The fraction of sp³-hybridized carbons (Fsp3) is 0.357. The van der Waals surface area contributed by atoms with E-state index in [1.165, 1.54) is 0 Å². The summed E-state index contributed by atoms with van der Waals surface area (Å²) >= 11 is 3.23. The molecular weight excluding hydrogens is 338 g/mol. The normalized spacial score (nSPS) is 12.1. The van der Waals surface area contributed by atoms with Crippen LogP contribution in [0.15, 0.2) is 22.7 Å². The molecule has 0 aromatic heterocycles. The fourth-order valence-corrected chi connectivity index (χ4v) is 2.02. The summed E-state index contributed by atoms with van der Waals surface area (Å²) in [6.45, 7) is 5.14. The summed E-state index contributed by atoms with van der Waals surface area (Å²) < 4.78 is 0.711. The zero-order valence-electron chi connectivity index (χ0n) is 11.9. The Balaban J connectivity index is 2.87. The first-order valence-electron chi connectivity index (χ1n) is 6.15. The largest absolute Gasteiger partial charge is 0.480 e. The van der Waals surface area contributed by atoms with Gasteiger partial charge in [0.05, 0.1) is 11.3 Å². The number of carbonyl (C=O) groups is 2. The lowest BCUT2D eigenvalue weighted by Crippen LogP contribution is -2.50. The second-order valence-corrected chi connectivity index (χ2v) is 6.45. The standard InChI is InChI=1S/C14H16BrN3O3/c1-14(2,3)11(12(19)20)18-13(21)17-10-5-4-9(15)6-8(10)7-16/h4-6,11H,1-3H3,(H,19,20)(H2,17,18,21)/t11-/m0/s1. The van der Waals surface area contributed by atoms with Crippen LogP contribution in [0.3, 0.4) is 0 Å². The van der Waals surface area contributed by atoms with Crippen LogP contribution in [0, 0.1) is 16.7 Å². The Morgan fingerprint density at radius 1 is 1.38 bits per heavy atom. The van der Waals surface area contributed by atoms with Gasteiger partial charge in [-0.05, 0) is 23.6 Å². The number of nitrogens with one attached hydrogen (secondary N) is 2. The van der Waals surface area contributed by atoms with Crippen molar-refractivity contribution in [3.63, 3.8) is 0 Å². The van der Waals surface area contributed by atoms with Crippen LogP contribution in [-0.4, -0.2) is 23.1 Å². The number of halogens is 1. The maximum absolute atomic E-state index is 11.9. The van der Waals surface area contributed by atoms with Crippen molar-refractivity contribution in [2.24, 2.45) is 5.41 Å². The van der Waals surface area contributed by atoms with Crippen LogP contribution in [0.4, 0.5) is 10.5 Å². The number of rotatable bonds is 3. The van der Waals surface area contributed by atoms with E-state index >= 15 is 0 Å². The third-order valence-electron chi connectivity index (χ3n) is 2.74. The molecule has 6 nitrogen and oxygen atoms in total. The van der Waals surface area contributed by atoms with Crippen molar-refractivity contribution in [3.8, 4) is 6.07 Å². The van der Waals surface area contributed by atoms with Gasteiger partial charge in [-0.3, -0.25) is 0 Å². The number of anilines is 1. The predicted octanol–water partition coefficient (Wildman–Crippen LogP) is 2.94. The molecule has 0 fully saturated rings. The van der Waals surface area contributed by atoms with E-state index in [0.29, 0.717) is 10.2 Å². The molecule has 1 rings (SSSR count). The minimum absolute atomic E-state index is 0.280. The number of carboxylic acids is 1. The molecule has 0 bridgehead atoms. The quantitative estimate of drug-likeness (QED) is 0.777. The summed E-state index contributed by atoms with van der Waals surface area (Å²) in [6, 6.07) is 5.05. The molecule has 0 aliphatic heterocycles. The van der Waals surface area contributed by atoms with E-state index in [0.717, 1.165) is 0 Å². The Morgan fingerprint density at radius 2 is 2.00 bits per heavy atom. The molecular formula is C14H16BrN3O3. The molecule has 7 heteroatoms. The third kappa shape index (κ3) is 4.76. The van der Waals surface area contributed by atoms with Crippen LogP contribution in [-0.2, 0) is 4.79 Å². The number of hydrogen-bond donors (Lipinski definition) is 3. The molecule has 3 N–H and O–H groups in total. The first kappa shape index (κ1) is 17.0. The molecule has 1 aromatic rings. The number of urea groups is 1. The van der Waals surface area contributed by atoms with Gasteiger partial charge in [0.15, 0.2) is 0 Å². The van der Waals surface area contributed by atoms with Gasteiger partial charge in [0.2, 0.25) is 0 Å². The topological polar surface area (TPSA) is 102 Å². The molecule has 0 heterocycles. The van der Waals surface area contributed by atoms with Gasteiger partial charge >= 0.3 is 12.0 Å². The molecule has 0 unspecified atom stereocenters. The van der Waals surface area contributed by atoms with Crippen molar-refractivity contribution in [1.29, 1.82) is 5.26 Å². The Kier molecular flexibility index (Phi) is 5.33. The van der Waals surface area contributed by atoms with Crippen LogP contribution < -0.4 is 10.6 Å². The summed E-state index contributed by atoms with van der Waals surface area (Å²) in [6.07, 6.45) is 0. The van der Waals surface area contributed by atoms with Gasteiger partial charge in [0.1, 0.15) is 12.1 Å². The summed E-state index contributed by atoms with van der Waals surface area (Å²) in [5.74, 6) is -1.12. The van der Waals surface area contributed by atoms with E-state index in [4.69, 9.17) is 10.4 Å². The van der Waals surface area contributed by atoms with Gasteiger partial charge < -0.3 is 15.7 Å². The summed E-state index contributed by atoms with van der Waals surface area (Å²) in [7, 11) is 0. The van der Waals surface area contributed by atoms with Crippen LogP contribution in [0.1, 0.15) is 26.3 Å². The van der Waals surface area contributed by atoms with Crippen LogP contribution in [0.5, 0.6) is 0 Å². The molecule has 2 amide bonds. The number of aliphatic carboxylic acids is 1. The Labute approximate surface area is 131 Å². The number of nitriles is 1. The smallest absolute Gasteiger partial charge is 0.326 e. The van der Waals surface area contributed by atoms with E-state index in [1.54, 1.807) is 39.0 Å². The molecule has 0 saturated carbocycles. The average Bonchev–Trinajstić information content (AvgIpc) is 2.36. The zero-order chi connectivity index (χ0) is 16.2. The number of benzene rings is 1. The maximum Gasteiger partial charge on any atom is 0.326 e. The number of nitrogens with zero attached hydrogens (tertiary/aromatic N) is 1. The fourth-order valence-electron chi connectivity index (χ4n) is 1.66. The molecule has 1 aromatic carbocycles. The highest BCUT2D eigenvalue weighted by atomic mass is 79.9. The van der Waals surface area contributed by atoms with Crippen LogP contribution in [0.25, 0.3) is 0 Å². The zero-order valence-corrected chi connectivity index (χ0v) is 13.5. The van der Waals surface area contributed by atoms with Gasteiger partial charge in [-0.25, -0.2) is 9.59 Å². The summed E-state index contributed by atoms with van der Waals surface area (Å²) in [4.78, 5) is 23.1. The van der Waals surface area contributed by atoms with Gasteiger partial charge in [-0.1, -0.05) is 36.7 Å².